The summed E-state index contributed by atoms with van der Waals surface area (Å²) in [6, 6.07) is 12.4. The zero-order valence-corrected chi connectivity index (χ0v) is 16.3. The van der Waals surface area contributed by atoms with Crippen molar-refractivity contribution in [3.05, 3.63) is 59.4 Å². The molecule has 0 spiro atoms. The van der Waals surface area contributed by atoms with Crippen molar-refractivity contribution in [2.75, 3.05) is 12.4 Å². The summed E-state index contributed by atoms with van der Waals surface area (Å²) in [6.45, 7) is 4.20. The molecule has 0 aliphatic carbocycles. The molecular weight excluding hydrogens is 365 g/mol. The smallest absolute Gasteiger partial charge is 0.191 e. The molecule has 3 aromatic rings. The van der Waals surface area contributed by atoms with E-state index in [9.17, 15) is 9.50 Å². The molecule has 1 N–H and O–H groups in total. The number of aryl methyl sites for hydroxylation is 2. The van der Waals surface area contributed by atoms with E-state index in [4.69, 9.17) is 4.74 Å². The third-order valence-corrected chi connectivity index (χ3v) is 5.16. The standard InChI is InChI=1S/C20H22FN3O2S/c1-13-8-14(2)10-16(9-13)26-11-15(25)12-27-20-23-22-19(24(20)3)17-6-4-5-7-18(17)21/h4-10,15,25H,11-12H2,1-3H3/t15-/m0/s1. The van der Waals surface area contributed by atoms with Gasteiger partial charge in [0.2, 0.25) is 0 Å². The fourth-order valence-electron chi connectivity index (χ4n) is 2.75. The van der Waals surface area contributed by atoms with Gasteiger partial charge in [-0.1, -0.05) is 30.0 Å². The summed E-state index contributed by atoms with van der Waals surface area (Å²) < 4.78 is 21.4. The Balaban J connectivity index is 1.58. The molecule has 27 heavy (non-hydrogen) atoms. The molecule has 0 fully saturated rings. The van der Waals surface area contributed by atoms with Gasteiger partial charge >= 0.3 is 0 Å². The molecule has 0 saturated carbocycles. The first kappa shape index (κ1) is 19.4. The Morgan fingerprint density at radius 1 is 1.15 bits per heavy atom. The minimum absolute atomic E-state index is 0.188. The first-order valence-corrected chi connectivity index (χ1v) is 9.59. The number of ether oxygens (including phenoxy) is 1. The van der Waals surface area contributed by atoms with Gasteiger partial charge in [0, 0.05) is 12.8 Å². The van der Waals surface area contributed by atoms with E-state index < -0.39 is 6.10 Å². The van der Waals surface area contributed by atoms with Crippen molar-refractivity contribution in [1.29, 1.82) is 0 Å². The van der Waals surface area contributed by atoms with Gasteiger partial charge in [0.05, 0.1) is 11.7 Å². The van der Waals surface area contributed by atoms with Crippen molar-refractivity contribution in [1.82, 2.24) is 14.8 Å². The Labute approximate surface area is 162 Å². The van der Waals surface area contributed by atoms with Crippen LogP contribution in [-0.4, -0.2) is 38.3 Å². The van der Waals surface area contributed by atoms with E-state index >= 15 is 0 Å². The molecule has 3 rings (SSSR count). The van der Waals surface area contributed by atoms with Crippen molar-refractivity contribution in [3.63, 3.8) is 0 Å². The predicted octanol–water partition coefficient (Wildman–Crippen LogP) is 3.77. The number of hydrogen-bond acceptors (Lipinski definition) is 5. The van der Waals surface area contributed by atoms with E-state index in [0.717, 1.165) is 16.9 Å². The minimum Gasteiger partial charge on any atom is -0.491 e. The number of aliphatic hydroxyl groups excluding tert-OH is 1. The number of thioether (sulfide) groups is 1. The highest BCUT2D eigenvalue weighted by Gasteiger charge is 2.16. The highest BCUT2D eigenvalue weighted by atomic mass is 32.2. The molecule has 0 amide bonds. The average Bonchev–Trinajstić information content (AvgIpc) is 2.98. The normalized spacial score (nSPS) is 12.2. The number of nitrogens with zero attached hydrogens (tertiary/aromatic N) is 3. The molecule has 1 aromatic heterocycles. The number of hydrogen-bond donors (Lipinski definition) is 1. The van der Waals surface area contributed by atoms with Gasteiger partial charge in [0.15, 0.2) is 11.0 Å². The Morgan fingerprint density at radius 3 is 2.56 bits per heavy atom. The molecule has 5 nitrogen and oxygen atoms in total. The van der Waals surface area contributed by atoms with Gasteiger partial charge in [-0.05, 0) is 49.2 Å². The molecule has 1 atom stereocenters. The SMILES string of the molecule is Cc1cc(C)cc(OC[C@H](O)CSc2nnc(-c3ccccc3F)n2C)c1. The molecular formula is C20H22FN3O2S. The number of rotatable bonds is 7. The first-order valence-electron chi connectivity index (χ1n) is 8.60. The second kappa shape index (κ2) is 8.54. The van der Waals surface area contributed by atoms with Crippen LogP contribution in [-0.2, 0) is 7.05 Å². The lowest BCUT2D eigenvalue weighted by atomic mass is 10.1. The van der Waals surface area contributed by atoms with Crippen LogP contribution in [0.15, 0.2) is 47.6 Å². The topological polar surface area (TPSA) is 60.2 Å². The summed E-state index contributed by atoms with van der Waals surface area (Å²) in [4.78, 5) is 0. The highest BCUT2D eigenvalue weighted by molar-refractivity contribution is 7.99. The lowest BCUT2D eigenvalue weighted by Gasteiger charge is -2.13. The van der Waals surface area contributed by atoms with Gasteiger partial charge < -0.3 is 14.4 Å². The van der Waals surface area contributed by atoms with E-state index in [1.165, 1.54) is 17.8 Å². The lowest BCUT2D eigenvalue weighted by molar-refractivity contribution is 0.126. The first-order chi connectivity index (χ1) is 12.9. The Hall–Kier alpha value is -2.38. The summed E-state index contributed by atoms with van der Waals surface area (Å²) in [5.41, 5.74) is 2.64. The van der Waals surface area contributed by atoms with E-state index in [2.05, 4.69) is 16.3 Å². The maximum Gasteiger partial charge on any atom is 0.191 e. The van der Waals surface area contributed by atoms with Crippen LogP contribution in [0.3, 0.4) is 0 Å². The third-order valence-electron chi connectivity index (χ3n) is 3.99. The predicted molar refractivity (Wildman–Crippen MR) is 105 cm³/mol. The maximum atomic E-state index is 14.0. The van der Waals surface area contributed by atoms with Gasteiger partial charge in [-0.15, -0.1) is 10.2 Å². The van der Waals surface area contributed by atoms with Gasteiger partial charge in [0.25, 0.3) is 0 Å². The quantitative estimate of drug-likeness (QED) is 0.626. The summed E-state index contributed by atoms with van der Waals surface area (Å²) in [7, 11) is 1.78. The van der Waals surface area contributed by atoms with Crippen molar-refractivity contribution < 1.29 is 14.2 Å². The fraction of sp³-hybridized carbons (Fsp3) is 0.300. The number of benzene rings is 2. The van der Waals surface area contributed by atoms with Crippen LogP contribution in [0.5, 0.6) is 5.75 Å². The van der Waals surface area contributed by atoms with Gasteiger partial charge in [-0.2, -0.15) is 0 Å². The monoisotopic (exact) mass is 387 g/mol. The van der Waals surface area contributed by atoms with Crippen LogP contribution in [0.1, 0.15) is 11.1 Å². The largest absolute Gasteiger partial charge is 0.491 e. The lowest BCUT2D eigenvalue weighted by Crippen LogP contribution is -2.20. The Bertz CT molecular complexity index is 909. The molecule has 7 heteroatoms. The second-order valence-corrected chi connectivity index (χ2v) is 7.43. The molecule has 2 aromatic carbocycles. The van der Waals surface area contributed by atoms with E-state index in [1.54, 1.807) is 29.8 Å². The minimum atomic E-state index is -0.663. The molecule has 0 radical (unpaired) electrons. The van der Waals surface area contributed by atoms with E-state index in [-0.39, 0.29) is 12.4 Å². The third kappa shape index (κ3) is 4.87. The van der Waals surface area contributed by atoms with Crippen molar-refractivity contribution in [2.45, 2.75) is 25.1 Å². The van der Waals surface area contributed by atoms with Crippen LogP contribution >= 0.6 is 11.8 Å². The van der Waals surface area contributed by atoms with Crippen molar-refractivity contribution >= 4 is 11.8 Å². The van der Waals surface area contributed by atoms with Crippen molar-refractivity contribution in [3.8, 4) is 17.1 Å². The summed E-state index contributed by atoms with van der Waals surface area (Å²) >= 11 is 1.35. The number of halogens is 1. The van der Waals surface area contributed by atoms with Crippen LogP contribution in [0.25, 0.3) is 11.4 Å². The van der Waals surface area contributed by atoms with E-state index in [0.29, 0.717) is 22.3 Å². The van der Waals surface area contributed by atoms with Gasteiger partial charge in [-0.3, -0.25) is 0 Å². The van der Waals surface area contributed by atoms with Crippen LogP contribution in [0.2, 0.25) is 0 Å². The Kier molecular flexibility index (Phi) is 6.13. The zero-order valence-electron chi connectivity index (χ0n) is 15.5. The number of aliphatic hydroxyl groups is 1. The molecule has 0 aliphatic heterocycles. The molecule has 0 bridgehead atoms. The van der Waals surface area contributed by atoms with Crippen molar-refractivity contribution in [2.24, 2.45) is 7.05 Å². The molecule has 0 aliphatic rings. The Morgan fingerprint density at radius 2 is 1.85 bits per heavy atom. The van der Waals surface area contributed by atoms with Crippen LogP contribution in [0.4, 0.5) is 4.39 Å². The molecule has 1 heterocycles. The number of aromatic nitrogens is 3. The average molecular weight is 387 g/mol. The zero-order chi connectivity index (χ0) is 19.4. The molecule has 0 unspecified atom stereocenters. The maximum absolute atomic E-state index is 14.0. The summed E-state index contributed by atoms with van der Waals surface area (Å²) in [6.07, 6.45) is -0.663. The van der Waals surface area contributed by atoms with Crippen LogP contribution < -0.4 is 4.74 Å². The van der Waals surface area contributed by atoms with Crippen LogP contribution in [0, 0.1) is 19.7 Å². The summed E-state index contributed by atoms with van der Waals surface area (Å²) in [5, 5.41) is 19.0. The summed E-state index contributed by atoms with van der Waals surface area (Å²) in [5.74, 6) is 1.26. The second-order valence-electron chi connectivity index (χ2n) is 6.44. The molecule has 142 valence electrons. The molecule has 0 saturated heterocycles. The highest BCUT2D eigenvalue weighted by Crippen LogP contribution is 2.25. The fourth-order valence-corrected chi connectivity index (χ4v) is 3.56. The van der Waals surface area contributed by atoms with E-state index in [1.807, 2.05) is 26.0 Å². The van der Waals surface area contributed by atoms with Gasteiger partial charge in [-0.25, -0.2) is 4.39 Å². The van der Waals surface area contributed by atoms with Gasteiger partial charge in [0.1, 0.15) is 18.2 Å².